The van der Waals surface area contributed by atoms with E-state index in [1.807, 2.05) is 0 Å². The van der Waals surface area contributed by atoms with Gasteiger partial charge in [-0.25, -0.2) is 0 Å². The molecular formula is C7H9NTe. The monoisotopic (exact) mass is 237 g/mol. The summed E-state index contributed by atoms with van der Waals surface area (Å²) in [4.78, 5) is 0. The summed E-state index contributed by atoms with van der Waals surface area (Å²) >= 11 is -0.0299. The molecule has 1 nitrogen and oxygen atoms in total. The molecule has 0 atom stereocenters. The Morgan fingerprint density at radius 1 is 1.33 bits per heavy atom. The van der Waals surface area contributed by atoms with E-state index in [1.54, 1.807) is 9.14 Å². The van der Waals surface area contributed by atoms with Crippen molar-refractivity contribution in [3.63, 3.8) is 0 Å². The molecule has 2 rings (SSSR count). The molecule has 1 aliphatic carbocycles. The van der Waals surface area contributed by atoms with E-state index < -0.39 is 0 Å². The van der Waals surface area contributed by atoms with Crippen molar-refractivity contribution in [3.8, 4) is 0 Å². The zero-order valence-electron chi connectivity index (χ0n) is 5.26. The standard InChI is InChI=1S/C7H9NTe/c1-2-4-7-6(3-1)5-8-9-7/h5H,1-4H2. The van der Waals surface area contributed by atoms with Gasteiger partial charge in [0, 0.05) is 0 Å². The van der Waals surface area contributed by atoms with Crippen molar-refractivity contribution in [2.45, 2.75) is 25.7 Å². The third-order valence-electron chi connectivity index (χ3n) is 1.83. The third kappa shape index (κ3) is 1.07. The Morgan fingerprint density at radius 2 is 2.22 bits per heavy atom. The van der Waals surface area contributed by atoms with Crippen molar-refractivity contribution in [1.82, 2.24) is 3.21 Å². The Hall–Kier alpha value is 0.200. The van der Waals surface area contributed by atoms with Crippen LogP contribution in [-0.2, 0) is 12.8 Å². The van der Waals surface area contributed by atoms with Crippen LogP contribution in [0.4, 0.5) is 0 Å². The number of aryl methyl sites for hydroxylation is 2. The Kier molecular flexibility index (Phi) is 1.61. The van der Waals surface area contributed by atoms with E-state index in [0.29, 0.717) is 0 Å². The summed E-state index contributed by atoms with van der Waals surface area (Å²) in [6.07, 6.45) is 7.64. The molecule has 48 valence electrons. The zero-order chi connectivity index (χ0) is 6.10. The molecule has 0 aliphatic heterocycles. The van der Waals surface area contributed by atoms with Crippen LogP contribution in [0.1, 0.15) is 22.0 Å². The van der Waals surface area contributed by atoms with Crippen molar-refractivity contribution < 1.29 is 0 Å². The predicted octanol–water partition coefficient (Wildman–Crippen LogP) is 1.02. The predicted molar refractivity (Wildman–Crippen MR) is 37.8 cm³/mol. The van der Waals surface area contributed by atoms with Crippen LogP contribution in [0.5, 0.6) is 0 Å². The third-order valence-corrected chi connectivity index (χ3v) is 4.39. The van der Waals surface area contributed by atoms with Crippen LogP contribution in [0.25, 0.3) is 0 Å². The van der Waals surface area contributed by atoms with Crippen LogP contribution >= 0.6 is 0 Å². The van der Waals surface area contributed by atoms with Gasteiger partial charge in [-0.3, -0.25) is 0 Å². The minimum atomic E-state index is -0.0299. The van der Waals surface area contributed by atoms with Crippen molar-refractivity contribution in [2.24, 2.45) is 0 Å². The number of hydrogen-bond acceptors (Lipinski definition) is 1. The average molecular weight is 235 g/mol. The van der Waals surface area contributed by atoms with Gasteiger partial charge in [0.2, 0.25) is 0 Å². The molecule has 1 aromatic rings. The van der Waals surface area contributed by atoms with E-state index in [2.05, 4.69) is 9.40 Å². The number of hydrogen-bond donors (Lipinski definition) is 0. The van der Waals surface area contributed by atoms with E-state index in [4.69, 9.17) is 0 Å². The fourth-order valence-electron chi connectivity index (χ4n) is 1.30. The molecule has 0 fully saturated rings. The van der Waals surface area contributed by atoms with Gasteiger partial charge in [0.15, 0.2) is 0 Å². The second kappa shape index (κ2) is 2.44. The first-order valence-electron chi connectivity index (χ1n) is 3.39. The summed E-state index contributed by atoms with van der Waals surface area (Å²) in [7, 11) is 0. The van der Waals surface area contributed by atoms with Crippen LogP contribution in [0.2, 0.25) is 0 Å². The SMILES string of the molecule is c1n[te]c2c1CCCC2. The zero-order valence-corrected chi connectivity index (χ0v) is 7.59. The Morgan fingerprint density at radius 3 is 3.11 bits per heavy atom. The number of fused-ring (bicyclic) bond motifs is 1. The van der Waals surface area contributed by atoms with Crippen LogP contribution < -0.4 is 0 Å². The number of aromatic nitrogens is 1. The van der Waals surface area contributed by atoms with Gasteiger partial charge >= 0.3 is 64.9 Å². The van der Waals surface area contributed by atoms with Crippen molar-refractivity contribution in [3.05, 3.63) is 15.3 Å². The van der Waals surface area contributed by atoms with Gasteiger partial charge < -0.3 is 0 Å². The van der Waals surface area contributed by atoms with Crippen molar-refractivity contribution in [1.29, 1.82) is 0 Å². The molecule has 2 heteroatoms. The van der Waals surface area contributed by atoms with Gasteiger partial charge in [0.1, 0.15) is 0 Å². The first-order valence-corrected chi connectivity index (χ1v) is 5.60. The quantitative estimate of drug-likeness (QED) is 0.611. The molecule has 9 heavy (non-hydrogen) atoms. The van der Waals surface area contributed by atoms with E-state index in [-0.39, 0.29) is 20.7 Å². The fraction of sp³-hybridized carbons (Fsp3) is 0.571. The molecular weight excluding hydrogens is 226 g/mol. The van der Waals surface area contributed by atoms with Crippen LogP contribution in [0, 0.1) is 0 Å². The maximum absolute atomic E-state index is 4.36. The van der Waals surface area contributed by atoms with E-state index in [9.17, 15) is 0 Å². The molecule has 0 spiro atoms. The Bertz CT molecular complexity index is 184. The Labute approximate surface area is 65.1 Å². The van der Waals surface area contributed by atoms with Crippen molar-refractivity contribution in [2.75, 3.05) is 0 Å². The molecule has 0 unspecified atom stereocenters. The van der Waals surface area contributed by atoms with Crippen LogP contribution in [-0.4, -0.2) is 23.9 Å². The van der Waals surface area contributed by atoms with E-state index in [0.717, 1.165) is 0 Å². The van der Waals surface area contributed by atoms with Gasteiger partial charge in [0.25, 0.3) is 0 Å². The van der Waals surface area contributed by atoms with E-state index in [1.165, 1.54) is 25.7 Å². The Balaban J connectivity index is 2.39. The molecule has 1 aromatic heterocycles. The number of rotatable bonds is 0. The minimum absolute atomic E-state index is 0.0299. The molecule has 0 aromatic carbocycles. The van der Waals surface area contributed by atoms with Crippen LogP contribution in [0.3, 0.4) is 0 Å². The van der Waals surface area contributed by atoms with Gasteiger partial charge in [0.05, 0.1) is 0 Å². The number of nitrogens with zero attached hydrogens (tertiary/aromatic N) is 1. The fourth-order valence-corrected chi connectivity index (χ4v) is 3.62. The topological polar surface area (TPSA) is 12.9 Å². The van der Waals surface area contributed by atoms with Gasteiger partial charge in [-0.2, -0.15) is 0 Å². The summed E-state index contributed by atoms with van der Waals surface area (Å²) < 4.78 is 6.10. The van der Waals surface area contributed by atoms with Crippen LogP contribution in [0.15, 0.2) is 6.20 Å². The van der Waals surface area contributed by atoms with Crippen molar-refractivity contribution >= 4 is 20.7 Å². The molecule has 1 heterocycles. The maximum atomic E-state index is 4.36. The molecule has 0 radical (unpaired) electrons. The molecule has 0 amide bonds. The normalized spacial score (nSPS) is 17.3. The summed E-state index contributed by atoms with van der Waals surface area (Å²) in [6.45, 7) is 0. The molecule has 0 saturated heterocycles. The summed E-state index contributed by atoms with van der Waals surface area (Å²) in [6, 6.07) is 0. The second-order valence-electron chi connectivity index (χ2n) is 2.48. The molecule has 0 saturated carbocycles. The van der Waals surface area contributed by atoms with Gasteiger partial charge in [-0.15, -0.1) is 0 Å². The first kappa shape index (κ1) is 5.95. The summed E-state index contributed by atoms with van der Waals surface area (Å²) in [5.41, 5.74) is 1.60. The second-order valence-corrected chi connectivity index (χ2v) is 5.01. The van der Waals surface area contributed by atoms with Gasteiger partial charge in [-0.1, -0.05) is 0 Å². The first-order chi connectivity index (χ1) is 4.47. The van der Waals surface area contributed by atoms with Gasteiger partial charge in [-0.05, 0) is 0 Å². The summed E-state index contributed by atoms with van der Waals surface area (Å²) in [5, 5.41) is 0. The molecule has 0 N–H and O–H groups in total. The molecule has 0 bridgehead atoms. The molecule has 1 aliphatic rings. The van der Waals surface area contributed by atoms with E-state index >= 15 is 0 Å². The summed E-state index contributed by atoms with van der Waals surface area (Å²) in [5.74, 6) is 0. The average Bonchev–Trinajstić information content (AvgIpc) is 2.33.